The van der Waals surface area contributed by atoms with Gasteiger partial charge in [0, 0.05) is 36.5 Å². The summed E-state index contributed by atoms with van der Waals surface area (Å²) in [7, 11) is 0. The molecule has 0 amide bonds. The lowest BCUT2D eigenvalue weighted by atomic mass is 9.93. The molecule has 4 rings (SSSR count). The van der Waals surface area contributed by atoms with Crippen molar-refractivity contribution in [3.63, 3.8) is 0 Å². The van der Waals surface area contributed by atoms with Crippen molar-refractivity contribution >= 4 is 11.6 Å². The number of imidazole rings is 1. The zero-order chi connectivity index (χ0) is 17.3. The highest BCUT2D eigenvalue weighted by Gasteiger charge is 2.56. The van der Waals surface area contributed by atoms with E-state index in [1.54, 1.807) is 0 Å². The predicted octanol–water partition coefficient (Wildman–Crippen LogP) is 3.70. The normalized spacial score (nSPS) is 21.8. The molecular formula is C20H27ClN4. The molecule has 1 N–H and O–H groups in total. The van der Waals surface area contributed by atoms with Gasteiger partial charge in [-0.2, -0.15) is 0 Å². The van der Waals surface area contributed by atoms with E-state index in [1.165, 1.54) is 30.7 Å². The molecule has 0 unspecified atom stereocenters. The number of rotatable bonds is 6. The van der Waals surface area contributed by atoms with Crippen molar-refractivity contribution in [3.8, 4) is 0 Å². The molecule has 134 valence electrons. The van der Waals surface area contributed by atoms with Crippen LogP contribution in [0.1, 0.15) is 37.6 Å². The minimum absolute atomic E-state index is 0.521. The van der Waals surface area contributed by atoms with Gasteiger partial charge in [0.15, 0.2) is 0 Å². The minimum Gasteiger partial charge on any atom is -0.334 e. The van der Waals surface area contributed by atoms with E-state index in [2.05, 4.69) is 51.1 Å². The Morgan fingerprint density at radius 3 is 2.92 bits per heavy atom. The van der Waals surface area contributed by atoms with Gasteiger partial charge in [0.05, 0.1) is 6.54 Å². The van der Waals surface area contributed by atoms with Crippen molar-refractivity contribution in [2.45, 2.75) is 51.9 Å². The van der Waals surface area contributed by atoms with E-state index in [-0.39, 0.29) is 0 Å². The van der Waals surface area contributed by atoms with Crippen LogP contribution >= 0.6 is 11.6 Å². The number of aryl methyl sites for hydroxylation is 1. The predicted molar refractivity (Wildman–Crippen MR) is 102 cm³/mol. The van der Waals surface area contributed by atoms with Gasteiger partial charge < -0.3 is 9.88 Å². The standard InChI is InChI=1S/C20H27ClN4/c1-2-24-11-10-23-19(24)15-25(14-16-4-3-5-17(21)12-16)18-13-20(18)6-8-22-9-7-20/h3-5,10-12,18,22H,2,6-9,13-15H2,1H3/t18-/m0/s1. The Hall–Kier alpha value is -1.36. The summed E-state index contributed by atoms with van der Waals surface area (Å²) in [5.41, 5.74) is 1.81. The molecule has 2 aromatic rings. The summed E-state index contributed by atoms with van der Waals surface area (Å²) in [6.07, 6.45) is 7.92. The molecule has 1 aromatic carbocycles. The maximum Gasteiger partial charge on any atom is 0.122 e. The van der Waals surface area contributed by atoms with E-state index >= 15 is 0 Å². The Labute approximate surface area is 155 Å². The first-order valence-electron chi connectivity index (χ1n) is 9.39. The first-order chi connectivity index (χ1) is 12.2. The summed E-state index contributed by atoms with van der Waals surface area (Å²) in [6.45, 7) is 7.32. The number of piperidine rings is 1. The van der Waals surface area contributed by atoms with E-state index in [9.17, 15) is 0 Å². The van der Waals surface area contributed by atoms with E-state index in [4.69, 9.17) is 11.6 Å². The summed E-state index contributed by atoms with van der Waals surface area (Å²) in [5, 5.41) is 4.33. The molecule has 1 atom stereocenters. The molecule has 0 radical (unpaired) electrons. The number of benzene rings is 1. The number of nitrogens with one attached hydrogen (secondary N) is 1. The molecule has 2 heterocycles. The van der Waals surface area contributed by atoms with Crippen LogP contribution in [0.15, 0.2) is 36.7 Å². The number of nitrogens with zero attached hydrogens (tertiary/aromatic N) is 3. The van der Waals surface area contributed by atoms with E-state index in [0.29, 0.717) is 11.5 Å². The lowest BCUT2D eigenvalue weighted by Crippen LogP contribution is -2.36. The fraction of sp³-hybridized carbons (Fsp3) is 0.550. The molecule has 2 fully saturated rings. The second-order valence-corrected chi connectivity index (χ2v) is 7.93. The highest BCUT2D eigenvalue weighted by Crippen LogP contribution is 2.56. The highest BCUT2D eigenvalue weighted by molar-refractivity contribution is 6.30. The van der Waals surface area contributed by atoms with Gasteiger partial charge in [-0.1, -0.05) is 23.7 Å². The molecule has 1 spiro atoms. The fourth-order valence-corrected chi connectivity index (χ4v) is 4.62. The van der Waals surface area contributed by atoms with Crippen LogP contribution in [0.5, 0.6) is 0 Å². The number of hydrogen-bond acceptors (Lipinski definition) is 3. The quantitative estimate of drug-likeness (QED) is 0.854. The third-order valence-corrected chi connectivity index (χ3v) is 6.18. The average molecular weight is 359 g/mol. The number of hydrogen-bond donors (Lipinski definition) is 1. The van der Waals surface area contributed by atoms with Crippen molar-refractivity contribution < 1.29 is 0 Å². The van der Waals surface area contributed by atoms with Crippen LogP contribution in [0.2, 0.25) is 5.02 Å². The Kier molecular flexibility index (Phi) is 4.85. The molecule has 1 aliphatic heterocycles. The van der Waals surface area contributed by atoms with Crippen LogP contribution in [0.4, 0.5) is 0 Å². The van der Waals surface area contributed by atoms with Crippen LogP contribution in [-0.2, 0) is 19.6 Å². The monoisotopic (exact) mass is 358 g/mol. The molecule has 1 saturated heterocycles. The SMILES string of the molecule is CCn1ccnc1CN(Cc1cccc(Cl)c1)[C@H]1CC12CCNCC2. The third-order valence-electron chi connectivity index (χ3n) is 5.95. The van der Waals surface area contributed by atoms with Gasteiger partial charge in [-0.15, -0.1) is 0 Å². The van der Waals surface area contributed by atoms with Crippen LogP contribution in [0, 0.1) is 5.41 Å². The average Bonchev–Trinajstić information content (AvgIpc) is 3.10. The van der Waals surface area contributed by atoms with Gasteiger partial charge in [-0.05, 0) is 62.4 Å². The molecule has 1 aromatic heterocycles. The first-order valence-corrected chi connectivity index (χ1v) is 9.77. The second kappa shape index (κ2) is 7.10. The molecule has 1 aliphatic carbocycles. The summed E-state index contributed by atoms with van der Waals surface area (Å²) >= 11 is 6.21. The van der Waals surface area contributed by atoms with Gasteiger partial charge >= 0.3 is 0 Å². The number of aromatic nitrogens is 2. The van der Waals surface area contributed by atoms with E-state index in [1.807, 2.05) is 12.3 Å². The molecule has 4 nitrogen and oxygen atoms in total. The van der Waals surface area contributed by atoms with E-state index in [0.717, 1.165) is 37.7 Å². The topological polar surface area (TPSA) is 33.1 Å². The lowest BCUT2D eigenvalue weighted by molar-refractivity contribution is 0.182. The molecule has 25 heavy (non-hydrogen) atoms. The van der Waals surface area contributed by atoms with Crippen LogP contribution in [0.3, 0.4) is 0 Å². The van der Waals surface area contributed by atoms with Gasteiger partial charge in [-0.3, -0.25) is 4.90 Å². The van der Waals surface area contributed by atoms with Crippen LogP contribution in [-0.4, -0.2) is 33.6 Å². The first kappa shape index (κ1) is 17.1. The number of halogens is 1. The second-order valence-electron chi connectivity index (χ2n) is 7.50. The van der Waals surface area contributed by atoms with Gasteiger partial charge in [0.25, 0.3) is 0 Å². The van der Waals surface area contributed by atoms with Crippen molar-refractivity contribution in [2.75, 3.05) is 13.1 Å². The lowest BCUT2D eigenvalue weighted by Gasteiger charge is -2.29. The minimum atomic E-state index is 0.521. The largest absolute Gasteiger partial charge is 0.334 e. The fourth-order valence-electron chi connectivity index (χ4n) is 4.41. The third kappa shape index (κ3) is 3.62. The summed E-state index contributed by atoms with van der Waals surface area (Å²) in [5.74, 6) is 1.17. The van der Waals surface area contributed by atoms with Crippen molar-refractivity contribution in [3.05, 3.63) is 53.1 Å². The van der Waals surface area contributed by atoms with Crippen LogP contribution < -0.4 is 5.32 Å². The maximum atomic E-state index is 6.21. The maximum absolute atomic E-state index is 6.21. The molecule has 5 heteroatoms. The summed E-state index contributed by atoms with van der Waals surface area (Å²) < 4.78 is 2.25. The van der Waals surface area contributed by atoms with Crippen molar-refractivity contribution in [1.82, 2.24) is 19.8 Å². The van der Waals surface area contributed by atoms with Gasteiger partial charge in [0.1, 0.15) is 5.82 Å². The zero-order valence-corrected chi connectivity index (χ0v) is 15.7. The molecule has 1 saturated carbocycles. The Balaban J connectivity index is 1.55. The summed E-state index contributed by atoms with van der Waals surface area (Å²) in [4.78, 5) is 7.24. The Morgan fingerprint density at radius 2 is 2.16 bits per heavy atom. The molecule has 2 aliphatic rings. The van der Waals surface area contributed by atoms with E-state index < -0.39 is 0 Å². The van der Waals surface area contributed by atoms with Crippen molar-refractivity contribution in [2.24, 2.45) is 5.41 Å². The highest BCUT2D eigenvalue weighted by atomic mass is 35.5. The molecule has 0 bridgehead atoms. The summed E-state index contributed by atoms with van der Waals surface area (Å²) in [6, 6.07) is 8.94. The smallest absolute Gasteiger partial charge is 0.122 e. The van der Waals surface area contributed by atoms with Crippen LogP contribution in [0.25, 0.3) is 0 Å². The molecular weight excluding hydrogens is 332 g/mol. The Bertz CT molecular complexity index is 720. The van der Waals surface area contributed by atoms with Gasteiger partial charge in [0.2, 0.25) is 0 Å². The van der Waals surface area contributed by atoms with Gasteiger partial charge in [-0.25, -0.2) is 4.98 Å². The zero-order valence-electron chi connectivity index (χ0n) is 14.9. The van der Waals surface area contributed by atoms with Crippen molar-refractivity contribution in [1.29, 1.82) is 0 Å². The Morgan fingerprint density at radius 1 is 1.32 bits per heavy atom.